The van der Waals surface area contributed by atoms with E-state index in [0.29, 0.717) is 5.56 Å². The van der Waals surface area contributed by atoms with E-state index in [1.165, 1.54) is 11.0 Å². The van der Waals surface area contributed by atoms with Crippen molar-refractivity contribution >= 4 is 28.2 Å². The number of likely N-dealkylation sites (N-methyl/N-ethyl adjacent to an activating group) is 1. The molecule has 0 N–H and O–H groups in total. The van der Waals surface area contributed by atoms with E-state index in [1.54, 1.807) is 31.4 Å². The van der Waals surface area contributed by atoms with Crippen LogP contribution in [0.25, 0.3) is 10.9 Å². The number of para-hydroxylation sites is 1. The number of nitro groups is 1. The average molecular weight is 321 g/mol. The summed E-state index contributed by atoms with van der Waals surface area (Å²) in [6, 6.07) is 15.5. The molecule has 3 rings (SSSR count). The molecule has 0 fully saturated rings. The molecule has 0 aliphatic heterocycles. The van der Waals surface area contributed by atoms with Gasteiger partial charge in [-0.1, -0.05) is 24.3 Å². The maximum Gasteiger partial charge on any atom is 0.273 e. The number of pyridine rings is 1. The zero-order chi connectivity index (χ0) is 17.1. The molecule has 0 saturated carbocycles. The monoisotopic (exact) mass is 321 g/mol. The number of hydrogen-bond donors (Lipinski definition) is 0. The molecular weight excluding hydrogens is 306 g/mol. The third kappa shape index (κ3) is 2.94. The molecule has 120 valence electrons. The van der Waals surface area contributed by atoms with Crippen LogP contribution in [0.5, 0.6) is 0 Å². The van der Waals surface area contributed by atoms with Gasteiger partial charge >= 0.3 is 0 Å². The first-order chi connectivity index (χ1) is 11.6. The largest absolute Gasteiger partial charge is 0.315 e. The molecule has 0 spiro atoms. The first-order valence-corrected chi connectivity index (χ1v) is 7.40. The minimum atomic E-state index is -0.468. The van der Waals surface area contributed by atoms with Crippen molar-refractivity contribution in [1.29, 1.82) is 0 Å². The van der Waals surface area contributed by atoms with E-state index in [4.69, 9.17) is 0 Å². The highest BCUT2D eigenvalue weighted by Crippen LogP contribution is 2.26. The van der Waals surface area contributed by atoms with Gasteiger partial charge < -0.3 is 4.90 Å². The molecule has 0 radical (unpaired) electrons. The fraction of sp³-hybridized carbons (Fsp3) is 0.111. The van der Waals surface area contributed by atoms with Crippen LogP contribution in [-0.2, 0) is 11.2 Å². The molecule has 6 heteroatoms. The SMILES string of the molecule is CN(C(=O)Cc1ccccc1[N+](=O)[O-])c1cccc2ncccc12. The molecular formula is C18H15N3O3. The standard InChI is InChI=1S/C18H15N3O3/c1-20(17-10-4-8-15-14(17)7-5-11-19-15)18(22)12-13-6-2-3-9-16(13)21(23)24/h2-11H,12H2,1H3. The normalized spacial score (nSPS) is 10.5. The van der Waals surface area contributed by atoms with Crippen LogP contribution in [-0.4, -0.2) is 22.9 Å². The second-order valence-electron chi connectivity index (χ2n) is 5.36. The molecule has 1 aromatic heterocycles. The van der Waals surface area contributed by atoms with Gasteiger partial charge in [-0.25, -0.2) is 0 Å². The predicted molar refractivity (Wildman–Crippen MR) is 92.0 cm³/mol. The molecule has 0 atom stereocenters. The van der Waals surface area contributed by atoms with E-state index < -0.39 is 4.92 Å². The van der Waals surface area contributed by atoms with Crippen LogP contribution < -0.4 is 4.90 Å². The van der Waals surface area contributed by atoms with E-state index in [-0.39, 0.29) is 18.0 Å². The first-order valence-electron chi connectivity index (χ1n) is 7.40. The smallest absolute Gasteiger partial charge is 0.273 e. The molecule has 2 aromatic carbocycles. The topological polar surface area (TPSA) is 76.3 Å². The van der Waals surface area contributed by atoms with Gasteiger partial charge in [0.15, 0.2) is 0 Å². The van der Waals surface area contributed by atoms with E-state index in [9.17, 15) is 14.9 Å². The zero-order valence-electron chi connectivity index (χ0n) is 13.0. The minimum absolute atomic E-state index is 0.0374. The third-order valence-corrected chi connectivity index (χ3v) is 3.89. The molecule has 6 nitrogen and oxygen atoms in total. The van der Waals surface area contributed by atoms with Crippen molar-refractivity contribution in [1.82, 2.24) is 4.98 Å². The number of amides is 1. The first kappa shape index (κ1) is 15.6. The number of fused-ring (bicyclic) bond motifs is 1. The van der Waals surface area contributed by atoms with Crippen LogP contribution in [0.3, 0.4) is 0 Å². The summed E-state index contributed by atoms with van der Waals surface area (Å²) >= 11 is 0. The Bertz CT molecular complexity index is 919. The van der Waals surface area contributed by atoms with E-state index in [0.717, 1.165) is 16.6 Å². The van der Waals surface area contributed by atoms with Crippen molar-refractivity contribution in [2.75, 3.05) is 11.9 Å². The number of carbonyl (C=O) groups is 1. The number of nitrogens with zero attached hydrogens (tertiary/aromatic N) is 3. The van der Waals surface area contributed by atoms with E-state index in [2.05, 4.69) is 4.98 Å². The average Bonchev–Trinajstić information content (AvgIpc) is 2.61. The Kier molecular flexibility index (Phi) is 4.20. The Morgan fingerprint density at radius 2 is 1.92 bits per heavy atom. The van der Waals surface area contributed by atoms with Gasteiger partial charge in [0.1, 0.15) is 0 Å². The lowest BCUT2D eigenvalue weighted by Crippen LogP contribution is -2.28. The zero-order valence-corrected chi connectivity index (χ0v) is 13.0. The second kappa shape index (κ2) is 6.45. The Labute approximate surface area is 138 Å². The molecule has 0 saturated heterocycles. The lowest BCUT2D eigenvalue weighted by molar-refractivity contribution is -0.385. The van der Waals surface area contributed by atoms with Crippen molar-refractivity contribution < 1.29 is 9.72 Å². The predicted octanol–water partition coefficient (Wildman–Crippen LogP) is 3.35. The lowest BCUT2D eigenvalue weighted by Gasteiger charge is -2.19. The van der Waals surface area contributed by atoms with Crippen molar-refractivity contribution in [3.8, 4) is 0 Å². The van der Waals surface area contributed by atoms with Gasteiger partial charge in [0.2, 0.25) is 5.91 Å². The highest BCUT2D eigenvalue weighted by atomic mass is 16.6. The number of nitro benzene ring substituents is 1. The molecule has 1 heterocycles. The maximum absolute atomic E-state index is 12.6. The summed E-state index contributed by atoms with van der Waals surface area (Å²) in [5.41, 5.74) is 1.88. The molecule has 1 amide bonds. The summed E-state index contributed by atoms with van der Waals surface area (Å²) in [5.74, 6) is -0.222. The van der Waals surface area contributed by atoms with Gasteiger partial charge in [-0.3, -0.25) is 19.9 Å². The summed E-state index contributed by atoms with van der Waals surface area (Å²) in [7, 11) is 1.67. The van der Waals surface area contributed by atoms with Crippen molar-refractivity contribution in [2.24, 2.45) is 0 Å². The lowest BCUT2D eigenvalue weighted by atomic mass is 10.1. The summed E-state index contributed by atoms with van der Waals surface area (Å²) in [5, 5.41) is 11.9. The van der Waals surface area contributed by atoms with Crippen LogP contribution in [0, 0.1) is 10.1 Å². The van der Waals surface area contributed by atoms with Gasteiger partial charge in [0.05, 0.1) is 22.5 Å². The van der Waals surface area contributed by atoms with E-state index in [1.807, 2.05) is 30.3 Å². The highest BCUT2D eigenvalue weighted by molar-refractivity contribution is 6.03. The molecule has 3 aromatic rings. The number of anilines is 1. The van der Waals surface area contributed by atoms with Gasteiger partial charge in [-0.15, -0.1) is 0 Å². The quantitative estimate of drug-likeness (QED) is 0.545. The molecule has 0 aliphatic carbocycles. The molecule has 0 bridgehead atoms. The molecule has 0 aliphatic rings. The van der Waals surface area contributed by atoms with E-state index >= 15 is 0 Å². The van der Waals surface area contributed by atoms with Gasteiger partial charge in [-0.2, -0.15) is 0 Å². The van der Waals surface area contributed by atoms with Crippen LogP contribution in [0.15, 0.2) is 60.8 Å². The maximum atomic E-state index is 12.6. The summed E-state index contributed by atoms with van der Waals surface area (Å²) in [4.78, 5) is 29.0. The number of aromatic nitrogens is 1. The van der Waals surface area contributed by atoms with Gasteiger partial charge in [0.25, 0.3) is 5.69 Å². The van der Waals surface area contributed by atoms with Crippen molar-refractivity contribution in [3.63, 3.8) is 0 Å². The van der Waals surface area contributed by atoms with Crippen LogP contribution in [0.1, 0.15) is 5.56 Å². The molecule has 24 heavy (non-hydrogen) atoms. The Balaban J connectivity index is 1.92. The number of benzene rings is 2. The van der Waals surface area contributed by atoms with Crippen LogP contribution in [0.2, 0.25) is 0 Å². The third-order valence-electron chi connectivity index (χ3n) is 3.89. The summed E-state index contributed by atoms with van der Waals surface area (Å²) < 4.78 is 0. The van der Waals surface area contributed by atoms with Crippen molar-refractivity contribution in [2.45, 2.75) is 6.42 Å². The number of rotatable bonds is 4. The van der Waals surface area contributed by atoms with Crippen molar-refractivity contribution in [3.05, 3.63) is 76.5 Å². The van der Waals surface area contributed by atoms with Crippen LogP contribution in [0.4, 0.5) is 11.4 Å². The summed E-state index contributed by atoms with van der Waals surface area (Å²) in [6.45, 7) is 0. The Morgan fingerprint density at radius 1 is 1.12 bits per heavy atom. The molecule has 0 unspecified atom stereocenters. The fourth-order valence-electron chi connectivity index (χ4n) is 2.63. The number of carbonyl (C=O) groups excluding carboxylic acids is 1. The number of hydrogen-bond acceptors (Lipinski definition) is 4. The summed E-state index contributed by atoms with van der Waals surface area (Å²) in [6.07, 6.45) is 1.66. The fourth-order valence-corrected chi connectivity index (χ4v) is 2.63. The van der Waals surface area contributed by atoms with Gasteiger partial charge in [0, 0.05) is 30.3 Å². The Morgan fingerprint density at radius 3 is 2.71 bits per heavy atom. The van der Waals surface area contributed by atoms with Crippen LogP contribution >= 0.6 is 0 Å². The minimum Gasteiger partial charge on any atom is -0.315 e. The second-order valence-corrected chi connectivity index (χ2v) is 5.36. The Hall–Kier alpha value is -3.28. The van der Waals surface area contributed by atoms with Gasteiger partial charge in [-0.05, 0) is 24.3 Å². The highest BCUT2D eigenvalue weighted by Gasteiger charge is 2.19.